The first-order valence-corrected chi connectivity index (χ1v) is 6.41. The van der Waals surface area contributed by atoms with E-state index in [-0.39, 0.29) is 5.78 Å². The summed E-state index contributed by atoms with van der Waals surface area (Å²) >= 11 is 5.87. The van der Waals surface area contributed by atoms with Gasteiger partial charge in [0.2, 0.25) is 0 Å². The minimum absolute atomic E-state index is 0.132. The van der Waals surface area contributed by atoms with Gasteiger partial charge in [0.1, 0.15) is 0 Å². The minimum atomic E-state index is 0.132. The van der Waals surface area contributed by atoms with Crippen LogP contribution in [0.3, 0.4) is 0 Å². The summed E-state index contributed by atoms with van der Waals surface area (Å²) in [4.78, 5) is 11.8. The average Bonchev–Trinajstić information content (AvgIpc) is 2.82. The number of nitrogens with zero attached hydrogens (tertiary/aromatic N) is 2. The molecule has 1 heterocycles. The Morgan fingerprint density at radius 1 is 1.28 bits per heavy atom. The second kappa shape index (κ2) is 5.36. The van der Waals surface area contributed by atoms with E-state index in [9.17, 15) is 4.79 Å². The number of benzene rings is 1. The molecule has 0 aliphatic heterocycles. The molecule has 94 valence electrons. The normalized spacial score (nSPS) is 10.6. The molecule has 0 saturated heterocycles. The summed E-state index contributed by atoms with van der Waals surface area (Å²) in [6.07, 6.45) is 2.92. The third kappa shape index (κ3) is 2.31. The highest BCUT2D eigenvalue weighted by Gasteiger charge is 2.15. The molecular formula is C14H15ClN2O. The average molecular weight is 263 g/mol. The van der Waals surface area contributed by atoms with E-state index in [1.807, 2.05) is 38.1 Å². The van der Waals surface area contributed by atoms with Gasteiger partial charge in [-0.1, -0.05) is 25.4 Å². The highest BCUT2D eigenvalue weighted by Crippen LogP contribution is 2.19. The van der Waals surface area contributed by atoms with Gasteiger partial charge in [-0.25, -0.2) is 4.68 Å². The number of halogens is 1. The monoisotopic (exact) mass is 262 g/mol. The van der Waals surface area contributed by atoms with E-state index in [0.717, 1.165) is 23.4 Å². The van der Waals surface area contributed by atoms with Crippen LogP contribution < -0.4 is 0 Å². The standard InChI is InChI=1S/C14H15ClN2O/c1-3-13-12(14(18)4-2)9-16-17(13)11-7-5-10(15)6-8-11/h5-9H,3-4H2,1-2H3. The van der Waals surface area contributed by atoms with Crippen molar-refractivity contribution in [1.82, 2.24) is 9.78 Å². The van der Waals surface area contributed by atoms with Crippen LogP contribution in [-0.2, 0) is 6.42 Å². The second-order valence-electron chi connectivity index (χ2n) is 4.02. The molecule has 18 heavy (non-hydrogen) atoms. The molecule has 0 amide bonds. The van der Waals surface area contributed by atoms with Crippen LogP contribution in [0.2, 0.25) is 5.02 Å². The Morgan fingerprint density at radius 3 is 2.50 bits per heavy atom. The van der Waals surface area contributed by atoms with Crippen LogP contribution in [-0.4, -0.2) is 15.6 Å². The Labute approximate surface area is 111 Å². The van der Waals surface area contributed by atoms with Crippen molar-refractivity contribution in [2.45, 2.75) is 26.7 Å². The molecule has 0 aliphatic rings. The van der Waals surface area contributed by atoms with Crippen LogP contribution in [0.4, 0.5) is 0 Å². The van der Waals surface area contributed by atoms with E-state index in [1.165, 1.54) is 0 Å². The zero-order valence-corrected chi connectivity index (χ0v) is 11.2. The quantitative estimate of drug-likeness (QED) is 0.788. The molecule has 4 heteroatoms. The third-order valence-corrected chi connectivity index (χ3v) is 3.15. The summed E-state index contributed by atoms with van der Waals surface area (Å²) in [5.74, 6) is 0.132. The maximum Gasteiger partial charge on any atom is 0.166 e. The van der Waals surface area contributed by atoms with Crippen LogP contribution in [0.25, 0.3) is 5.69 Å². The first-order chi connectivity index (χ1) is 8.67. The van der Waals surface area contributed by atoms with Gasteiger partial charge in [0.15, 0.2) is 5.78 Å². The van der Waals surface area contributed by atoms with Gasteiger partial charge in [-0.3, -0.25) is 4.79 Å². The predicted octanol–water partition coefficient (Wildman–Crippen LogP) is 3.68. The van der Waals surface area contributed by atoms with E-state index < -0.39 is 0 Å². The number of aromatic nitrogens is 2. The fourth-order valence-electron chi connectivity index (χ4n) is 1.94. The number of rotatable bonds is 4. The lowest BCUT2D eigenvalue weighted by molar-refractivity contribution is 0.0987. The summed E-state index contributed by atoms with van der Waals surface area (Å²) in [7, 11) is 0. The van der Waals surface area contributed by atoms with Crippen molar-refractivity contribution in [1.29, 1.82) is 0 Å². The largest absolute Gasteiger partial charge is 0.294 e. The molecule has 0 saturated carbocycles. The van der Waals surface area contributed by atoms with E-state index in [1.54, 1.807) is 10.9 Å². The van der Waals surface area contributed by atoms with Crippen molar-refractivity contribution in [3.05, 3.63) is 46.7 Å². The highest BCUT2D eigenvalue weighted by atomic mass is 35.5. The minimum Gasteiger partial charge on any atom is -0.294 e. The summed E-state index contributed by atoms with van der Waals surface area (Å²) in [6, 6.07) is 7.43. The lowest BCUT2D eigenvalue weighted by Crippen LogP contribution is -2.05. The van der Waals surface area contributed by atoms with Crippen molar-refractivity contribution < 1.29 is 4.79 Å². The number of carbonyl (C=O) groups excluding carboxylic acids is 1. The second-order valence-corrected chi connectivity index (χ2v) is 4.46. The van der Waals surface area contributed by atoms with Crippen LogP contribution >= 0.6 is 11.6 Å². The fourth-order valence-corrected chi connectivity index (χ4v) is 2.07. The van der Waals surface area contributed by atoms with Crippen molar-refractivity contribution in [3.63, 3.8) is 0 Å². The predicted molar refractivity (Wildman–Crippen MR) is 72.6 cm³/mol. The molecule has 0 bridgehead atoms. The molecule has 0 atom stereocenters. The lowest BCUT2D eigenvalue weighted by atomic mass is 10.1. The van der Waals surface area contributed by atoms with Gasteiger partial charge in [-0.15, -0.1) is 0 Å². The number of hydrogen-bond donors (Lipinski definition) is 0. The highest BCUT2D eigenvalue weighted by molar-refractivity contribution is 6.30. The van der Waals surface area contributed by atoms with Gasteiger partial charge >= 0.3 is 0 Å². The van der Waals surface area contributed by atoms with E-state index in [2.05, 4.69) is 5.10 Å². The molecule has 3 nitrogen and oxygen atoms in total. The molecule has 1 aromatic heterocycles. The Balaban J connectivity index is 2.48. The molecule has 1 aromatic carbocycles. The Morgan fingerprint density at radius 2 is 1.94 bits per heavy atom. The van der Waals surface area contributed by atoms with Gasteiger partial charge in [0.05, 0.1) is 23.1 Å². The molecule has 0 N–H and O–H groups in total. The van der Waals surface area contributed by atoms with Gasteiger partial charge < -0.3 is 0 Å². The van der Waals surface area contributed by atoms with Crippen LogP contribution in [0.15, 0.2) is 30.5 Å². The van der Waals surface area contributed by atoms with Crippen LogP contribution in [0.5, 0.6) is 0 Å². The molecule has 2 rings (SSSR count). The first kappa shape index (κ1) is 12.8. The molecule has 0 unspecified atom stereocenters. The van der Waals surface area contributed by atoms with E-state index >= 15 is 0 Å². The molecule has 0 radical (unpaired) electrons. The maximum atomic E-state index is 11.8. The maximum absolute atomic E-state index is 11.8. The fraction of sp³-hybridized carbons (Fsp3) is 0.286. The number of carbonyl (C=O) groups is 1. The van der Waals surface area contributed by atoms with Crippen molar-refractivity contribution in [2.75, 3.05) is 0 Å². The van der Waals surface area contributed by atoms with Crippen LogP contribution in [0, 0.1) is 0 Å². The van der Waals surface area contributed by atoms with E-state index in [4.69, 9.17) is 11.6 Å². The number of ketones is 1. The summed E-state index contributed by atoms with van der Waals surface area (Å²) in [5, 5.41) is 5.00. The molecule has 2 aromatic rings. The number of hydrogen-bond acceptors (Lipinski definition) is 2. The van der Waals surface area contributed by atoms with Gasteiger partial charge in [0.25, 0.3) is 0 Å². The summed E-state index contributed by atoms with van der Waals surface area (Å²) < 4.78 is 1.80. The Bertz CT molecular complexity index is 558. The van der Waals surface area contributed by atoms with E-state index in [0.29, 0.717) is 11.4 Å². The zero-order valence-electron chi connectivity index (χ0n) is 10.5. The van der Waals surface area contributed by atoms with Crippen LogP contribution in [0.1, 0.15) is 36.3 Å². The van der Waals surface area contributed by atoms with Gasteiger partial charge in [-0.05, 0) is 30.7 Å². The SMILES string of the molecule is CCC(=O)c1cnn(-c2ccc(Cl)cc2)c1CC. The number of Topliss-reactive ketones (excluding diaryl/α,β-unsaturated/α-hetero) is 1. The Kier molecular flexibility index (Phi) is 3.82. The molecule has 0 aliphatic carbocycles. The Hall–Kier alpha value is -1.61. The topological polar surface area (TPSA) is 34.9 Å². The smallest absolute Gasteiger partial charge is 0.166 e. The first-order valence-electron chi connectivity index (χ1n) is 6.03. The molecule has 0 spiro atoms. The molecule has 0 fully saturated rings. The zero-order chi connectivity index (χ0) is 13.1. The summed E-state index contributed by atoms with van der Waals surface area (Å²) in [5.41, 5.74) is 2.59. The lowest BCUT2D eigenvalue weighted by Gasteiger charge is -2.07. The van der Waals surface area contributed by atoms with Gasteiger partial charge in [-0.2, -0.15) is 5.10 Å². The third-order valence-electron chi connectivity index (χ3n) is 2.90. The molecular weight excluding hydrogens is 248 g/mol. The van der Waals surface area contributed by atoms with Gasteiger partial charge in [0, 0.05) is 11.4 Å². The van der Waals surface area contributed by atoms with Crippen molar-refractivity contribution in [3.8, 4) is 5.69 Å². The summed E-state index contributed by atoms with van der Waals surface area (Å²) in [6.45, 7) is 3.89. The van der Waals surface area contributed by atoms with Crippen molar-refractivity contribution in [2.24, 2.45) is 0 Å². The van der Waals surface area contributed by atoms with Crippen molar-refractivity contribution >= 4 is 17.4 Å².